The van der Waals surface area contributed by atoms with Crippen molar-refractivity contribution in [1.29, 1.82) is 0 Å². The van der Waals surface area contributed by atoms with E-state index < -0.39 is 6.04 Å². The van der Waals surface area contributed by atoms with Gasteiger partial charge in [-0.1, -0.05) is 42.5 Å². The molecule has 1 aliphatic heterocycles. The predicted octanol–water partition coefficient (Wildman–Crippen LogP) is 3.28. The fraction of sp³-hybridized carbons (Fsp3) is 0.400. The monoisotopic (exact) mass is 418 g/mol. The van der Waals surface area contributed by atoms with Crippen LogP contribution in [0.5, 0.6) is 5.75 Å². The third-order valence-corrected chi connectivity index (χ3v) is 7.21. The minimum Gasteiger partial charge on any atom is -0.495 e. The molecule has 0 aromatic heterocycles. The van der Waals surface area contributed by atoms with Gasteiger partial charge in [0.1, 0.15) is 11.8 Å². The molecule has 6 heteroatoms. The average Bonchev–Trinajstić information content (AvgIpc) is 3.47. The minimum atomic E-state index is -0.891. The number of anilines is 1. The van der Waals surface area contributed by atoms with Crippen molar-refractivity contribution in [1.82, 2.24) is 4.90 Å². The molecule has 0 spiro atoms. The molecule has 2 aromatic rings. The van der Waals surface area contributed by atoms with E-state index in [0.717, 1.165) is 24.8 Å². The van der Waals surface area contributed by atoms with E-state index in [4.69, 9.17) is 4.74 Å². The van der Waals surface area contributed by atoms with Gasteiger partial charge in [-0.2, -0.15) is 0 Å². The SMILES string of the molecule is COc1ccccc1NC(=O)[C@H](Cc1ccccc1)N1C(=O)[C@H]2[C@@H]3CC[C@@H](C3)[C@@H]2C1=O. The number of rotatable bonds is 6. The van der Waals surface area contributed by atoms with Crippen molar-refractivity contribution in [2.75, 3.05) is 12.4 Å². The molecule has 3 aliphatic rings. The highest BCUT2D eigenvalue weighted by molar-refractivity contribution is 6.10. The van der Waals surface area contributed by atoms with Crippen LogP contribution in [0.15, 0.2) is 54.6 Å². The van der Waals surface area contributed by atoms with E-state index in [-0.39, 0.29) is 47.8 Å². The van der Waals surface area contributed by atoms with Crippen LogP contribution in [0.4, 0.5) is 5.69 Å². The Morgan fingerprint density at radius 2 is 1.61 bits per heavy atom. The second kappa shape index (κ2) is 7.84. The van der Waals surface area contributed by atoms with Gasteiger partial charge in [-0.3, -0.25) is 19.3 Å². The number of carbonyl (C=O) groups excluding carboxylic acids is 3. The normalized spacial score (nSPS) is 27.3. The lowest BCUT2D eigenvalue weighted by molar-refractivity contribution is -0.147. The maximum Gasteiger partial charge on any atom is 0.248 e. The Bertz CT molecular complexity index is 993. The molecule has 1 saturated heterocycles. The van der Waals surface area contributed by atoms with Crippen LogP contribution in [-0.2, 0) is 20.8 Å². The minimum absolute atomic E-state index is 0.168. The number of carbonyl (C=O) groups is 3. The summed E-state index contributed by atoms with van der Waals surface area (Å²) < 4.78 is 5.35. The summed E-state index contributed by atoms with van der Waals surface area (Å²) in [5.74, 6) is -0.105. The number of methoxy groups -OCH3 is 1. The number of fused-ring (bicyclic) bond motifs is 5. The van der Waals surface area contributed by atoms with E-state index >= 15 is 0 Å². The zero-order valence-electron chi connectivity index (χ0n) is 17.5. The fourth-order valence-corrected chi connectivity index (χ4v) is 5.84. The van der Waals surface area contributed by atoms with Gasteiger partial charge in [-0.25, -0.2) is 0 Å². The molecule has 0 unspecified atom stereocenters. The number of imide groups is 1. The Labute approximate surface area is 181 Å². The zero-order chi connectivity index (χ0) is 21.5. The van der Waals surface area contributed by atoms with Gasteiger partial charge in [-0.15, -0.1) is 0 Å². The van der Waals surface area contributed by atoms with Crippen LogP contribution in [0, 0.1) is 23.7 Å². The van der Waals surface area contributed by atoms with Crippen LogP contribution in [0.25, 0.3) is 0 Å². The van der Waals surface area contributed by atoms with Gasteiger partial charge in [0.2, 0.25) is 17.7 Å². The number of amides is 3. The smallest absolute Gasteiger partial charge is 0.248 e. The molecule has 2 bridgehead atoms. The first kappa shape index (κ1) is 19.8. The second-order valence-corrected chi connectivity index (χ2v) is 8.83. The van der Waals surface area contributed by atoms with Gasteiger partial charge in [0, 0.05) is 6.42 Å². The van der Waals surface area contributed by atoms with E-state index in [2.05, 4.69) is 5.32 Å². The van der Waals surface area contributed by atoms with Gasteiger partial charge in [0.05, 0.1) is 24.6 Å². The highest BCUT2D eigenvalue weighted by atomic mass is 16.5. The van der Waals surface area contributed by atoms with Crippen LogP contribution in [-0.4, -0.2) is 35.8 Å². The third-order valence-electron chi connectivity index (χ3n) is 7.21. The Morgan fingerprint density at radius 3 is 2.26 bits per heavy atom. The van der Waals surface area contributed by atoms with Crippen LogP contribution < -0.4 is 10.1 Å². The van der Waals surface area contributed by atoms with Crippen molar-refractivity contribution in [3.8, 4) is 5.75 Å². The Kier molecular flexibility index (Phi) is 5.00. The quantitative estimate of drug-likeness (QED) is 0.731. The lowest BCUT2D eigenvalue weighted by Gasteiger charge is -2.27. The van der Waals surface area contributed by atoms with Gasteiger partial charge >= 0.3 is 0 Å². The Balaban J connectivity index is 1.47. The lowest BCUT2D eigenvalue weighted by Crippen LogP contribution is -2.49. The first-order valence-electron chi connectivity index (χ1n) is 10.9. The van der Waals surface area contributed by atoms with Gasteiger partial charge in [0.25, 0.3) is 0 Å². The van der Waals surface area contributed by atoms with Crippen LogP contribution in [0.3, 0.4) is 0 Å². The standard InChI is InChI=1S/C25H26N2O4/c1-31-20-10-6-5-9-18(20)26-23(28)19(13-15-7-3-2-4-8-15)27-24(29)21-16-11-12-17(14-16)22(21)25(27)30/h2-10,16-17,19,21-22H,11-14H2,1H3,(H,26,28)/t16-,17+,19-,21-,22-/m0/s1. The third kappa shape index (κ3) is 3.30. The molecular weight excluding hydrogens is 392 g/mol. The molecule has 3 fully saturated rings. The molecule has 31 heavy (non-hydrogen) atoms. The van der Waals surface area contributed by atoms with Crippen molar-refractivity contribution < 1.29 is 19.1 Å². The van der Waals surface area contributed by atoms with Crippen molar-refractivity contribution in [3.05, 3.63) is 60.2 Å². The van der Waals surface area contributed by atoms with Crippen molar-refractivity contribution in [2.24, 2.45) is 23.7 Å². The van der Waals surface area contributed by atoms with E-state index in [0.29, 0.717) is 11.4 Å². The fourth-order valence-electron chi connectivity index (χ4n) is 5.84. The number of nitrogens with zero attached hydrogens (tertiary/aromatic N) is 1. The van der Waals surface area contributed by atoms with E-state index in [9.17, 15) is 14.4 Å². The molecule has 6 nitrogen and oxygen atoms in total. The zero-order valence-corrected chi connectivity index (χ0v) is 17.5. The highest BCUT2D eigenvalue weighted by Gasteiger charge is 2.62. The van der Waals surface area contributed by atoms with Crippen LogP contribution >= 0.6 is 0 Å². The summed E-state index contributed by atoms with van der Waals surface area (Å²) >= 11 is 0. The van der Waals surface area contributed by atoms with Gasteiger partial charge in [0.15, 0.2) is 0 Å². The Hall–Kier alpha value is -3.15. The topological polar surface area (TPSA) is 75.7 Å². The first-order chi connectivity index (χ1) is 15.1. The second-order valence-electron chi connectivity index (χ2n) is 8.83. The van der Waals surface area contributed by atoms with Crippen LogP contribution in [0.2, 0.25) is 0 Å². The first-order valence-corrected chi connectivity index (χ1v) is 10.9. The summed E-state index contributed by atoms with van der Waals surface area (Å²) in [5.41, 5.74) is 1.43. The molecule has 5 rings (SSSR count). The largest absolute Gasteiger partial charge is 0.495 e. The molecular formula is C25H26N2O4. The molecule has 3 amide bonds. The molecule has 1 heterocycles. The van der Waals surface area contributed by atoms with E-state index in [1.165, 1.54) is 12.0 Å². The number of para-hydroxylation sites is 2. The molecule has 160 valence electrons. The average molecular weight is 418 g/mol. The van der Waals surface area contributed by atoms with E-state index in [1.807, 2.05) is 36.4 Å². The number of likely N-dealkylation sites (tertiary alicyclic amines) is 1. The number of hydrogen-bond acceptors (Lipinski definition) is 4. The summed E-state index contributed by atoms with van der Waals surface area (Å²) in [5, 5.41) is 2.89. The van der Waals surface area contributed by atoms with Crippen LogP contribution in [0.1, 0.15) is 24.8 Å². The van der Waals surface area contributed by atoms with E-state index in [1.54, 1.807) is 18.2 Å². The Morgan fingerprint density at radius 1 is 1.00 bits per heavy atom. The molecule has 5 atom stereocenters. The lowest BCUT2D eigenvalue weighted by atomic mass is 9.81. The number of hydrogen-bond donors (Lipinski definition) is 1. The predicted molar refractivity (Wildman–Crippen MR) is 115 cm³/mol. The molecule has 2 saturated carbocycles. The molecule has 1 N–H and O–H groups in total. The number of nitrogens with one attached hydrogen (secondary N) is 1. The number of benzene rings is 2. The maximum atomic E-state index is 13.4. The molecule has 2 aliphatic carbocycles. The van der Waals surface area contributed by atoms with Gasteiger partial charge < -0.3 is 10.1 Å². The summed E-state index contributed by atoms with van der Waals surface area (Å²) in [6.45, 7) is 0. The summed E-state index contributed by atoms with van der Waals surface area (Å²) in [7, 11) is 1.54. The highest BCUT2D eigenvalue weighted by Crippen LogP contribution is 2.56. The van der Waals surface area contributed by atoms with Crippen molar-refractivity contribution in [2.45, 2.75) is 31.7 Å². The molecule has 2 aromatic carbocycles. The maximum absolute atomic E-state index is 13.4. The molecule has 0 radical (unpaired) electrons. The van der Waals surface area contributed by atoms with Crippen molar-refractivity contribution in [3.63, 3.8) is 0 Å². The summed E-state index contributed by atoms with van der Waals surface area (Å²) in [6.07, 6.45) is 3.27. The summed E-state index contributed by atoms with van der Waals surface area (Å²) in [6, 6.07) is 15.8. The number of ether oxygens (including phenoxy) is 1. The summed E-state index contributed by atoms with van der Waals surface area (Å²) in [4.78, 5) is 41.5. The van der Waals surface area contributed by atoms with Gasteiger partial charge in [-0.05, 0) is 48.8 Å². The van der Waals surface area contributed by atoms with Crippen molar-refractivity contribution >= 4 is 23.4 Å².